The molecule has 0 unspecified atom stereocenters. The zero-order valence-electron chi connectivity index (χ0n) is 17.6. The fourth-order valence-electron chi connectivity index (χ4n) is 3.54. The Balaban J connectivity index is 1.88. The fourth-order valence-corrected chi connectivity index (χ4v) is 3.54. The Kier molecular flexibility index (Phi) is 7.02. The molecule has 0 saturated heterocycles. The molecule has 1 atom stereocenters. The molecule has 0 radical (unpaired) electrons. The van der Waals surface area contributed by atoms with Gasteiger partial charge in [0.15, 0.2) is 0 Å². The third kappa shape index (κ3) is 5.15. The van der Waals surface area contributed by atoms with Crippen molar-refractivity contribution in [3.63, 3.8) is 0 Å². The molecule has 1 amide bonds. The van der Waals surface area contributed by atoms with Gasteiger partial charge in [0.1, 0.15) is 6.04 Å². The third-order valence-electron chi connectivity index (χ3n) is 5.34. The van der Waals surface area contributed by atoms with E-state index in [1.807, 2.05) is 92.7 Å². The Morgan fingerprint density at radius 2 is 1.40 bits per heavy atom. The average molecular weight is 402 g/mol. The van der Waals surface area contributed by atoms with Crippen LogP contribution in [0.15, 0.2) is 78.9 Å². The Labute approximate surface area is 177 Å². The summed E-state index contributed by atoms with van der Waals surface area (Å²) >= 11 is 0. The number of hydrogen-bond donors (Lipinski definition) is 1. The lowest BCUT2D eigenvalue weighted by molar-refractivity contribution is -0.145. The van der Waals surface area contributed by atoms with Gasteiger partial charge in [0, 0.05) is 6.42 Å². The smallest absolute Gasteiger partial charge is 0.328 e. The Bertz CT molecular complexity index is 960. The summed E-state index contributed by atoms with van der Waals surface area (Å²) in [5.41, 5.74) is 5.05. The highest BCUT2D eigenvalue weighted by Gasteiger charge is 2.28. The Morgan fingerprint density at radius 1 is 0.833 bits per heavy atom. The summed E-state index contributed by atoms with van der Waals surface area (Å²) in [5.74, 6) is -1.20. The quantitative estimate of drug-likeness (QED) is 0.600. The van der Waals surface area contributed by atoms with Crippen molar-refractivity contribution in [2.45, 2.75) is 32.2 Å². The number of methoxy groups -OCH3 is 1. The van der Waals surface area contributed by atoms with Crippen LogP contribution >= 0.6 is 0 Å². The van der Waals surface area contributed by atoms with E-state index in [1.54, 1.807) is 0 Å². The largest absolute Gasteiger partial charge is 0.467 e. The summed E-state index contributed by atoms with van der Waals surface area (Å²) in [6, 6.07) is 24.5. The van der Waals surface area contributed by atoms with Crippen molar-refractivity contribution in [1.82, 2.24) is 5.32 Å². The number of benzene rings is 3. The van der Waals surface area contributed by atoms with Gasteiger partial charge in [0.2, 0.25) is 5.91 Å². The number of ether oxygens (including phenoxy) is 1. The predicted octanol–water partition coefficient (Wildman–Crippen LogP) is 4.34. The number of amides is 1. The van der Waals surface area contributed by atoms with Crippen LogP contribution in [0.25, 0.3) is 0 Å². The normalized spacial score (nSPS) is 11.7. The van der Waals surface area contributed by atoms with Crippen LogP contribution in [-0.4, -0.2) is 25.0 Å². The van der Waals surface area contributed by atoms with Gasteiger partial charge >= 0.3 is 5.97 Å². The molecule has 0 fully saturated rings. The number of nitrogens with one attached hydrogen (secondary N) is 1. The maximum absolute atomic E-state index is 13.4. The molecule has 0 bridgehead atoms. The molecule has 0 aliphatic carbocycles. The molecule has 3 aromatic rings. The molecule has 30 heavy (non-hydrogen) atoms. The van der Waals surface area contributed by atoms with Crippen molar-refractivity contribution < 1.29 is 14.3 Å². The van der Waals surface area contributed by atoms with E-state index in [2.05, 4.69) is 5.32 Å². The molecule has 4 nitrogen and oxygen atoms in total. The molecule has 0 spiro atoms. The van der Waals surface area contributed by atoms with Crippen LogP contribution < -0.4 is 5.32 Å². The second-order valence-corrected chi connectivity index (χ2v) is 7.46. The first-order valence-electron chi connectivity index (χ1n) is 10.0. The first-order chi connectivity index (χ1) is 14.5. The van der Waals surface area contributed by atoms with Crippen molar-refractivity contribution in [2.24, 2.45) is 0 Å². The predicted molar refractivity (Wildman–Crippen MR) is 118 cm³/mol. The monoisotopic (exact) mass is 401 g/mol. The first-order valence-corrected chi connectivity index (χ1v) is 10.0. The van der Waals surface area contributed by atoms with Gasteiger partial charge in [-0.3, -0.25) is 4.79 Å². The second-order valence-electron chi connectivity index (χ2n) is 7.46. The van der Waals surface area contributed by atoms with Crippen LogP contribution in [0.4, 0.5) is 0 Å². The molecule has 154 valence electrons. The zero-order chi connectivity index (χ0) is 21.5. The standard InChI is InChI=1S/C26H27NO3/c1-18-14-15-20(16-19(18)2)17-23(26(29)30-3)27-25(28)24(21-10-6-4-7-11-21)22-12-8-5-9-13-22/h4-16,23-24H,17H2,1-3H3,(H,27,28)/t23-/m1/s1. The van der Waals surface area contributed by atoms with E-state index in [-0.39, 0.29) is 5.91 Å². The van der Waals surface area contributed by atoms with E-state index >= 15 is 0 Å². The van der Waals surface area contributed by atoms with Gasteiger partial charge in [-0.2, -0.15) is 0 Å². The second kappa shape index (κ2) is 9.88. The number of carbonyl (C=O) groups excluding carboxylic acids is 2. The molecule has 3 rings (SSSR count). The van der Waals surface area contributed by atoms with Crippen molar-refractivity contribution in [1.29, 1.82) is 0 Å². The summed E-state index contributed by atoms with van der Waals surface area (Å²) in [7, 11) is 1.34. The lowest BCUT2D eigenvalue weighted by atomic mass is 9.90. The minimum atomic E-state index is -0.764. The number of carbonyl (C=O) groups is 2. The third-order valence-corrected chi connectivity index (χ3v) is 5.34. The fraction of sp³-hybridized carbons (Fsp3) is 0.231. The molecule has 0 saturated carbocycles. The molecule has 1 N–H and O–H groups in total. The average Bonchev–Trinajstić information content (AvgIpc) is 2.77. The van der Waals surface area contributed by atoms with Gasteiger partial charge in [-0.15, -0.1) is 0 Å². The molecule has 3 aromatic carbocycles. The minimum Gasteiger partial charge on any atom is -0.467 e. The number of esters is 1. The summed E-state index contributed by atoms with van der Waals surface area (Å²) in [6.07, 6.45) is 0.371. The lowest BCUT2D eigenvalue weighted by Crippen LogP contribution is -2.45. The summed E-state index contributed by atoms with van der Waals surface area (Å²) in [4.78, 5) is 25.8. The van der Waals surface area contributed by atoms with E-state index in [0.29, 0.717) is 6.42 Å². The molecule has 0 aliphatic rings. The van der Waals surface area contributed by atoms with Crippen molar-refractivity contribution >= 4 is 11.9 Å². The highest BCUT2D eigenvalue weighted by atomic mass is 16.5. The number of hydrogen-bond acceptors (Lipinski definition) is 3. The number of aryl methyl sites for hydroxylation is 2. The van der Waals surface area contributed by atoms with E-state index in [9.17, 15) is 9.59 Å². The lowest BCUT2D eigenvalue weighted by Gasteiger charge is -2.22. The molecule has 0 aromatic heterocycles. The van der Waals surface area contributed by atoms with E-state index in [0.717, 1.165) is 22.3 Å². The van der Waals surface area contributed by atoms with Gasteiger partial charge < -0.3 is 10.1 Å². The SMILES string of the molecule is COC(=O)[C@@H](Cc1ccc(C)c(C)c1)NC(=O)C(c1ccccc1)c1ccccc1. The Morgan fingerprint density at radius 3 is 1.90 bits per heavy atom. The van der Waals surface area contributed by atoms with Gasteiger partial charge in [-0.25, -0.2) is 4.79 Å². The highest BCUT2D eigenvalue weighted by Crippen LogP contribution is 2.25. The minimum absolute atomic E-state index is 0.230. The summed E-state index contributed by atoms with van der Waals surface area (Å²) in [6.45, 7) is 4.08. The molecule has 4 heteroatoms. The zero-order valence-corrected chi connectivity index (χ0v) is 17.6. The summed E-state index contributed by atoms with van der Waals surface area (Å²) in [5, 5.41) is 2.93. The van der Waals surface area contributed by atoms with Gasteiger partial charge in [-0.05, 0) is 41.7 Å². The molecular weight excluding hydrogens is 374 g/mol. The van der Waals surface area contributed by atoms with Crippen molar-refractivity contribution in [2.75, 3.05) is 7.11 Å². The number of rotatable bonds is 7. The van der Waals surface area contributed by atoms with Gasteiger partial charge in [0.25, 0.3) is 0 Å². The van der Waals surface area contributed by atoms with Gasteiger partial charge in [0.05, 0.1) is 13.0 Å². The van der Waals surface area contributed by atoms with Crippen LogP contribution in [0.1, 0.15) is 33.7 Å². The molecular formula is C26H27NO3. The maximum atomic E-state index is 13.4. The highest BCUT2D eigenvalue weighted by molar-refractivity contribution is 5.91. The topological polar surface area (TPSA) is 55.4 Å². The van der Waals surface area contributed by atoms with Gasteiger partial charge in [-0.1, -0.05) is 78.9 Å². The van der Waals surface area contributed by atoms with E-state index in [1.165, 1.54) is 12.7 Å². The van der Waals surface area contributed by atoms with E-state index < -0.39 is 17.9 Å². The van der Waals surface area contributed by atoms with Crippen molar-refractivity contribution in [3.8, 4) is 0 Å². The molecule has 0 heterocycles. The first kappa shape index (κ1) is 21.3. The van der Waals surface area contributed by atoms with Crippen LogP contribution in [0.3, 0.4) is 0 Å². The van der Waals surface area contributed by atoms with Crippen LogP contribution in [0, 0.1) is 13.8 Å². The van der Waals surface area contributed by atoms with Crippen LogP contribution in [0.2, 0.25) is 0 Å². The van der Waals surface area contributed by atoms with Crippen LogP contribution in [0.5, 0.6) is 0 Å². The van der Waals surface area contributed by atoms with Crippen LogP contribution in [-0.2, 0) is 20.7 Å². The Hall–Kier alpha value is -3.40. The van der Waals surface area contributed by atoms with Crippen molar-refractivity contribution in [3.05, 3.63) is 107 Å². The summed E-state index contributed by atoms with van der Waals surface area (Å²) < 4.78 is 4.98. The molecule has 0 aliphatic heterocycles. The maximum Gasteiger partial charge on any atom is 0.328 e. The van der Waals surface area contributed by atoms with E-state index in [4.69, 9.17) is 4.74 Å².